The molecule has 3 unspecified atom stereocenters. The lowest BCUT2D eigenvalue weighted by atomic mass is 9.95. The second-order valence-corrected chi connectivity index (χ2v) is 10.2. The van der Waals surface area contributed by atoms with Crippen molar-refractivity contribution in [1.82, 2.24) is 15.1 Å². The first kappa shape index (κ1) is 22.4. The summed E-state index contributed by atoms with van der Waals surface area (Å²) in [6.07, 6.45) is 1.24. The van der Waals surface area contributed by atoms with E-state index in [1.165, 1.54) is 5.56 Å². The minimum absolute atomic E-state index is 0.0810. The fourth-order valence-electron chi connectivity index (χ4n) is 5.80. The summed E-state index contributed by atoms with van der Waals surface area (Å²) in [5, 5.41) is 4.11. The molecule has 33 heavy (non-hydrogen) atoms. The summed E-state index contributed by atoms with van der Waals surface area (Å²) < 4.78 is 0. The van der Waals surface area contributed by atoms with Crippen LogP contribution in [0.3, 0.4) is 0 Å². The minimum Gasteiger partial charge on any atom is -0.370 e. The third-order valence-electron chi connectivity index (χ3n) is 7.59. The molecule has 2 amide bonds. The van der Waals surface area contributed by atoms with Gasteiger partial charge in [0.15, 0.2) is 0 Å². The van der Waals surface area contributed by atoms with Crippen molar-refractivity contribution in [1.29, 1.82) is 0 Å². The van der Waals surface area contributed by atoms with Gasteiger partial charge in [0.1, 0.15) is 0 Å². The Balaban J connectivity index is 1.30. The van der Waals surface area contributed by atoms with Crippen molar-refractivity contribution in [3.05, 3.63) is 69.2 Å². The summed E-state index contributed by atoms with van der Waals surface area (Å²) in [4.78, 5) is 29.7. The largest absolute Gasteiger partial charge is 0.370 e. The quantitative estimate of drug-likeness (QED) is 0.710. The molecule has 2 aromatic carbocycles. The van der Waals surface area contributed by atoms with E-state index < -0.39 is 0 Å². The number of nitrogens with two attached hydrogens (primary N) is 1. The number of amides is 2. The highest BCUT2D eigenvalue weighted by molar-refractivity contribution is 6.31. The molecule has 3 N–H and O–H groups in total. The molecule has 0 bridgehead atoms. The number of benzene rings is 2. The number of fused-ring (bicyclic) bond motifs is 2. The van der Waals surface area contributed by atoms with Gasteiger partial charge in [0.2, 0.25) is 5.91 Å². The first-order valence-electron chi connectivity index (χ1n) is 11.8. The molecule has 2 aromatic rings. The molecule has 0 aliphatic carbocycles. The van der Waals surface area contributed by atoms with Crippen LogP contribution in [0.15, 0.2) is 36.4 Å². The zero-order chi connectivity index (χ0) is 23.1. The fourth-order valence-corrected chi connectivity index (χ4v) is 5.99. The number of likely N-dealkylation sites (tertiary alicyclic amines) is 2. The number of halogens is 1. The summed E-state index contributed by atoms with van der Waals surface area (Å²) in [6.45, 7) is 6.93. The van der Waals surface area contributed by atoms with Gasteiger partial charge in [-0.1, -0.05) is 35.9 Å². The highest BCUT2D eigenvalue weighted by atomic mass is 35.5. The Bertz CT molecular complexity index is 1070. The molecule has 5 rings (SSSR count). The van der Waals surface area contributed by atoms with Crippen LogP contribution in [0, 0.1) is 18.8 Å². The van der Waals surface area contributed by atoms with Crippen LogP contribution < -0.4 is 11.1 Å². The van der Waals surface area contributed by atoms with E-state index in [4.69, 9.17) is 17.3 Å². The fraction of sp³-hybridized carbons (Fsp3) is 0.462. The topological polar surface area (TPSA) is 78.7 Å². The molecule has 2 saturated heterocycles. The van der Waals surface area contributed by atoms with E-state index in [0.717, 1.165) is 67.9 Å². The van der Waals surface area contributed by atoms with Gasteiger partial charge in [-0.15, -0.1) is 0 Å². The molecule has 3 atom stereocenters. The van der Waals surface area contributed by atoms with Gasteiger partial charge in [0.05, 0.1) is 0 Å². The molecule has 3 aliphatic rings. The number of primary amides is 1. The van der Waals surface area contributed by atoms with Crippen LogP contribution in [0.5, 0.6) is 0 Å². The lowest BCUT2D eigenvalue weighted by Gasteiger charge is -2.30. The van der Waals surface area contributed by atoms with E-state index in [-0.39, 0.29) is 24.3 Å². The van der Waals surface area contributed by atoms with Crippen LogP contribution in [0.1, 0.15) is 45.1 Å². The summed E-state index contributed by atoms with van der Waals surface area (Å²) in [5.41, 5.74) is 10.9. The Morgan fingerprint density at radius 3 is 2.61 bits per heavy atom. The molecule has 3 heterocycles. The van der Waals surface area contributed by atoms with Crippen LogP contribution in [-0.2, 0) is 17.8 Å². The predicted molar refractivity (Wildman–Crippen MR) is 129 cm³/mol. The molecular weight excluding hydrogens is 436 g/mol. The van der Waals surface area contributed by atoms with E-state index in [1.807, 2.05) is 42.2 Å². The van der Waals surface area contributed by atoms with Crippen molar-refractivity contribution in [3.8, 4) is 0 Å². The molecule has 7 heteroatoms. The maximum Gasteiger partial charge on any atom is 0.254 e. The Hall–Kier alpha value is -2.41. The monoisotopic (exact) mass is 466 g/mol. The maximum atomic E-state index is 13.4. The summed E-state index contributed by atoms with van der Waals surface area (Å²) in [6, 6.07) is 12.0. The smallest absolute Gasteiger partial charge is 0.254 e. The Kier molecular flexibility index (Phi) is 6.16. The lowest BCUT2D eigenvalue weighted by Crippen LogP contribution is -2.36. The molecule has 3 aliphatic heterocycles. The minimum atomic E-state index is -0.312. The van der Waals surface area contributed by atoms with Gasteiger partial charge < -0.3 is 16.0 Å². The van der Waals surface area contributed by atoms with Crippen LogP contribution in [-0.4, -0.2) is 54.3 Å². The zero-order valence-corrected chi connectivity index (χ0v) is 19.8. The van der Waals surface area contributed by atoms with Gasteiger partial charge >= 0.3 is 0 Å². The third-order valence-corrected chi connectivity index (χ3v) is 8.00. The Morgan fingerprint density at radius 1 is 1.15 bits per heavy atom. The van der Waals surface area contributed by atoms with Crippen molar-refractivity contribution in [3.63, 3.8) is 0 Å². The normalized spacial score (nSPS) is 23.3. The number of carbonyl (C=O) groups is 2. The average Bonchev–Trinajstić information content (AvgIpc) is 3.38. The number of aryl methyl sites for hydroxylation is 1. The lowest BCUT2D eigenvalue weighted by molar-refractivity contribution is -0.119. The van der Waals surface area contributed by atoms with Crippen LogP contribution in [0.2, 0.25) is 5.02 Å². The average molecular weight is 467 g/mol. The van der Waals surface area contributed by atoms with Gasteiger partial charge in [-0.25, -0.2) is 0 Å². The SMILES string of the molecule is Cc1ccc(C(CC(N)=O)N2CC3CN(C(=O)c4cccc5c4CNCC5)CC3C2)cc1Cl. The summed E-state index contributed by atoms with van der Waals surface area (Å²) in [5.74, 6) is 0.648. The molecule has 174 valence electrons. The number of rotatable bonds is 5. The van der Waals surface area contributed by atoms with Crippen LogP contribution in [0.25, 0.3) is 0 Å². The highest BCUT2D eigenvalue weighted by Crippen LogP contribution is 2.38. The Morgan fingerprint density at radius 2 is 1.91 bits per heavy atom. The number of nitrogens with one attached hydrogen (secondary N) is 1. The molecule has 0 aromatic heterocycles. The van der Waals surface area contributed by atoms with E-state index in [1.54, 1.807) is 0 Å². The van der Waals surface area contributed by atoms with Gasteiger partial charge in [0, 0.05) is 55.8 Å². The van der Waals surface area contributed by atoms with Gasteiger partial charge in [-0.2, -0.15) is 0 Å². The molecule has 6 nitrogen and oxygen atoms in total. The second kappa shape index (κ2) is 9.09. The number of nitrogens with zero attached hydrogens (tertiary/aromatic N) is 2. The molecule has 0 spiro atoms. The van der Waals surface area contributed by atoms with Crippen molar-refractivity contribution < 1.29 is 9.59 Å². The maximum absolute atomic E-state index is 13.4. The van der Waals surface area contributed by atoms with Crippen molar-refractivity contribution in [2.24, 2.45) is 17.6 Å². The molecule has 0 radical (unpaired) electrons. The standard InChI is InChI=1S/C26H31ClN4O2/c1-16-5-6-18(9-23(16)27)24(10-25(28)32)30-12-19-14-31(15-20(19)13-30)26(33)21-4-2-3-17-7-8-29-11-22(17)21/h2-6,9,19-20,24,29H,7-8,10-15H2,1H3,(H2,28,32). The van der Waals surface area contributed by atoms with Crippen molar-refractivity contribution in [2.45, 2.75) is 32.4 Å². The van der Waals surface area contributed by atoms with Crippen molar-refractivity contribution >= 4 is 23.4 Å². The zero-order valence-electron chi connectivity index (χ0n) is 19.0. The molecular formula is C26H31ClN4O2. The van der Waals surface area contributed by atoms with E-state index in [0.29, 0.717) is 16.9 Å². The van der Waals surface area contributed by atoms with E-state index in [2.05, 4.69) is 16.3 Å². The summed E-state index contributed by atoms with van der Waals surface area (Å²) in [7, 11) is 0. The summed E-state index contributed by atoms with van der Waals surface area (Å²) >= 11 is 6.38. The van der Waals surface area contributed by atoms with E-state index >= 15 is 0 Å². The number of hydrogen-bond donors (Lipinski definition) is 2. The van der Waals surface area contributed by atoms with Crippen LogP contribution in [0.4, 0.5) is 0 Å². The third kappa shape index (κ3) is 4.39. The second-order valence-electron chi connectivity index (χ2n) is 9.75. The molecule has 0 saturated carbocycles. The van der Waals surface area contributed by atoms with E-state index in [9.17, 15) is 9.59 Å². The first-order valence-corrected chi connectivity index (χ1v) is 12.2. The van der Waals surface area contributed by atoms with Crippen LogP contribution >= 0.6 is 11.6 Å². The Labute approximate surface area is 200 Å². The van der Waals surface area contributed by atoms with Gasteiger partial charge in [-0.05, 0) is 66.1 Å². The van der Waals surface area contributed by atoms with Gasteiger partial charge in [-0.3, -0.25) is 14.5 Å². The highest BCUT2D eigenvalue weighted by Gasteiger charge is 2.44. The van der Waals surface area contributed by atoms with Crippen molar-refractivity contribution in [2.75, 3.05) is 32.7 Å². The molecule has 2 fully saturated rings. The van der Waals surface area contributed by atoms with Gasteiger partial charge in [0.25, 0.3) is 5.91 Å². The predicted octanol–water partition coefficient (Wildman–Crippen LogP) is 2.91. The number of carbonyl (C=O) groups excluding carboxylic acids is 2. The number of hydrogen-bond acceptors (Lipinski definition) is 4. The first-order chi connectivity index (χ1) is 15.9.